The predicted octanol–water partition coefficient (Wildman–Crippen LogP) is 1.33. The van der Waals surface area contributed by atoms with Crippen molar-refractivity contribution in [2.75, 3.05) is 18.0 Å². The number of hydrogen-bond donors (Lipinski definition) is 1. The maximum atomic E-state index is 10.8. The highest BCUT2D eigenvalue weighted by molar-refractivity contribution is 5.73. The Morgan fingerprint density at radius 2 is 2.19 bits per heavy atom. The molecule has 1 rings (SSSR count). The summed E-state index contributed by atoms with van der Waals surface area (Å²) < 4.78 is 0. The summed E-state index contributed by atoms with van der Waals surface area (Å²) in [7, 11) is 0. The summed E-state index contributed by atoms with van der Waals surface area (Å²) in [6.07, 6.45) is 1.46. The number of carboxylic acid groups (broad SMARTS) is 1. The molecule has 1 aromatic rings. The summed E-state index contributed by atoms with van der Waals surface area (Å²) in [4.78, 5) is 20.6. The Balaban J connectivity index is 2.86. The second-order valence-corrected chi connectivity index (χ2v) is 4.19. The number of anilines is 1. The second kappa shape index (κ2) is 5.44. The van der Waals surface area contributed by atoms with Gasteiger partial charge >= 0.3 is 5.97 Å². The van der Waals surface area contributed by atoms with Crippen molar-refractivity contribution in [2.24, 2.45) is 5.92 Å². The average Bonchev–Trinajstić information content (AvgIpc) is 2.15. The highest BCUT2D eigenvalue weighted by Crippen LogP contribution is 2.12. The number of nitrogens with zero attached hydrogens (tertiary/aromatic N) is 3. The van der Waals surface area contributed by atoms with Gasteiger partial charge in [0.2, 0.25) is 0 Å². The minimum atomic E-state index is -0.850. The molecule has 0 aliphatic heterocycles. The van der Waals surface area contributed by atoms with E-state index in [9.17, 15) is 4.79 Å². The van der Waals surface area contributed by atoms with E-state index in [0.717, 1.165) is 5.69 Å². The summed E-state index contributed by atoms with van der Waals surface area (Å²) in [5.41, 5.74) is 0.837. The Morgan fingerprint density at radius 3 is 2.69 bits per heavy atom. The van der Waals surface area contributed by atoms with Gasteiger partial charge in [0, 0.05) is 18.3 Å². The number of aryl methyl sites for hydroxylation is 1. The molecule has 88 valence electrons. The van der Waals surface area contributed by atoms with Crippen molar-refractivity contribution in [1.29, 1.82) is 0 Å². The zero-order valence-electron chi connectivity index (χ0n) is 9.84. The van der Waals surface area contributed by atoms with Gasteiger partial charge in [0.1, 0.15) is 18.7 Å². The molecule has 0 saturated carbocycles. The highest BCUT2D eigenvalue weighted by Gasteiger charge is 2.13. The third-order valence-electron chi connectivity index (χ3n) is 2.03. The lowest BCUT2D eigenvalue weighted by Crippen LogP contribution is -2.33. The lowest BCUT2D eigenvalue weighted by molar-refractivity contribution is -0.135. The van der Waals surface area contributed by atoms with Crippen molar-refractivity contribution < 1.29 is 9.90 Å². The monoisotopic (exact) mass is 223 g/mol. The van der Waals surface area contributed by atoms with E-state index in [2.05, 4.69) is 9.97 Å². The fourth-order valence-electron chi connectivity index (χ4n) is 1.46. The molecule has 0 radical (unpaired) electrons. The molecule has 0 atom stereocenters. The Bertz CT molecular complexity index is 366. The highest BCUT2D eigenvalue weighted by atomic mass is 16.4. The lowest BCUT2D eigenvalue weighted by atomic mass is 10.2. The van der Waals surface area contributed by atoms with Gasteiger partial charge in [-0.25, -0.2) is 9.97 Å². The molecule has 0 aliphatic rings. The smallest absolute Gasteiger partial charge is 0.323 e. The molecule has 1 heterocycles. The Labute approximate surface area is 95.1 Å². The summed E-state index contributed by atoms with van der Waals surface area (Å²) in [5.74, 6) is 0.204. The minimum absolute atomic E-state index is 0.0331. The SMILES string of the molecule is Cc1cc(N(CC(=O)O)CC(C)C)ncn1. The van der Waals surface area contributed by atoms with E-state index in [-0.39, 0.29) is 6.54 Å². The number of hydrogen-bond acceptors (Lipinski definition) is 4. The number of carbonyl (C=O) groups is 1. The van der Waals surface area contributed by atoms with E-state index in [4.69, 9.17) is 5.11 Å². The van der Waals surface area contributed by atoms with Gasteiger partial charge < -0.3 is 10.0 Å². The number of aromatic nitrogens is 2. The molecule has 0 unspecified atom stereocenters. The van der Waals surface area contributed by atoms with Crippen LogP contribution in [0.25, 0.3) is 0 Å². The predicted molar refractivity (Wildman–Crippen MR) is 61.5 cm³/mol. The van der Waals surface area contributed by atoms with Crippen LogP contribution in [0.5, 0.6) is 0 Å². The van der Waals surface area contributed by atoms with Crippen molar-refractivity contribution in [2.45, 2.75) is 20.8 Å². The zero-order valence-corrected chi connectivity index (χ0v) is 9.84. The van der Waals surface area contributed by atoms with Crippen LogP contribution in [-0.4, -0.2) is 34.1 Å². The van der Waals surface area contributed by atoms with Crippen molar-refractivity contribution in [3.63, 3.8) is 0 Å². The molecule has 0 bridgehead atoms. The van der Waals surface area contributed by atoms with Gasteiger partial charge in [-0.2, -0.15) is 0 Å². The average molecular weight is 223 g/mol. The Morgan fingerprint density at radius 1 is 1.50 bits per heavy atom. The fourth-order valence-corrected chi connectivity index (χ4v) is 1.46. The molecular formula is C11H17N3O2. The molecule has 5 nitrogen and oxygen atoms in total. The zero-order chi connectivity index (χ0) is 12.1. The maximum absolute atomic E-state index is 10.8. The molecule has 0 aliphatic carbocycles. The third-order valence-corrected chi connectivity index (χ3v) is 2.03. The first-order valence-electron chi connectivity index (χ1n) is 5.24. The van der Waals surface area contributed by atoms with Gasteiger partial charge in [-0.15, -0.1) is 0 Å². The number of carboxylic acids is 1. The van der Waals surface area contributed by atoms with Crippen LogP contribution in [0.15, 0.2) is 12.4 Å². The van der Waals surface area contributed by atoms with Crippen molar-refractivity contribution >= 4 is 11.8 Å². The van der Waals surface area contributed by atoms with Gasteiger partial charge in [0.25, 0.3) is 0 Å². The van der Waals surface area contributed by atoms with E-state index < -0.39 is 5.97 Å². The van der Waals surface area contributed by atoms with Crippen LogP contribution in [0.2, 0.25) is 0 Å². The van der Waals surface area contributed by atoms with Gasteiger partial charge in [-0.1, -0.05) is 13.8 Å². The van der Waals surface area contributed by atoms with Crippen molar-refractivity contribution in [3.05, 3.63) is 18.1 Å². The molecule has 0 saturated heterocycles. The standard InChI is InChI=1S/C11H17N3O2/c1-8(2)5-14(6-11(15)16)10-4-9(3)12-7-13-10/h4,7-8H,5-6H2,1-3H3,(H,15,16). The van der Waals surface area contributed by atoms with Gasteiger partial charge in [0.15, 0.2) is 0 Å². The van der Waals surface area contributed by atoms with Crippen molar-refractivity contribution in [3.8, 4) is 0 Å². The molecule has 1 N–H and O–H groups in total. The van der Waals surface area contributed by atoms with Crippen LogP contribution in [0, 0.1) is 12.8 Å². The van der Waals surface area contributed by atoms with Gasteiger partial charge in [0.05, 0.1) is 0 Å². The van der Waals surface area contributed by atoms with Crippen molar-refractivity contribution in [1.82, 2.24) is 9.97 Å². The first kappa shape index (κ1) is 12.4. The van der Waals surface area contributed by atoms with Gasteiger partial charge in [-0.3, -0.25) is 4.79 Å². The summed E-state index contributed by atoms with van der Waals surface area (Å²) >= 11 is 0. The van der Waals surface area contributed by atoms with Crippen LogP contribution in [0.1, 0.15) is 19.5 Å². The van der Waals surface area contributed by atoms with Crippen LogP contribution in [0.3, 0.4) is 0 Å². The molecule has 0 amide bonds. The van der Waals surface area contributed by atoms with E-state index in [1.807, 2.05) is 20.8 Å². The Kier molecular flexibility index (Phi) is 4.22. The summed E-state index contributed by atoms with van der Waals surface area (Å²) in [6.45, 7) is 6.59. The largest absolute Gasteiger partial charge is 0.480 e. The third kappa shape index (κ3) is 3.84. The van der Waals surface area contributed by atoms with Gasteiger partial charge in [-0.05, 0) is 12.8 Å². The summed E-state index contributed by atoms with van der Waals surface area (Å²) in [5, 5.41) is 8.84. The molecular weight excluding hydrogens is 206 g/mol. The van der Waals surface area contributed by atoms with Crippen LogP contribution in [-0.2, 0) is 4.79 Å². The molecule has 16 heavy (non-hydrogen) atoms. The maximum Gasteiger partial charge on any atom is 0.323 e. The van der Waals surface area contributed by atoms with E-state index in [0.29, 0.717) is 18.3 Å². The molecule has 0 aromatic carbocycles. The minimum Gasteiger partial charge on any atom is -0.480 e. The van der Waals surface area contributed by atoms with E-state index in [1.54, 1.807) is 11.0 Å². The topological polar surface area (TPSA) is 66.3 Å². The van der Waals surface area contributed by atoms with E-state index in [1.165, 1.54) is 6.33 Å². The lowest BCUT2D eigenvalue weighted by Gasteiger charge is -2.23. The van der Waals surface area contributed by atoms with E-state index >= 15 is 0 Å². The second-order valence-electron chi connectivity index (χ2n) is 4.19. The quantitative estimate of drug-likeness (QED) is 0.815. The normalized spacial score (nSPS) is 10.5. The molecule has 5 heteroatoms. The first-order chi connectivity index (χ1) is 7.49. The fraction of sp³-hybridized carbons (Fsp3) is 0.545. The molecule has 0 fully saturated rings. The first-order valence-corrected chi connectivity index (χ1v) is 5.24. The molecule has 0 spiro atoms. The van der Waals surface area contributed by atoms with Crippen LogP contribution in [0.4, 0.5) is 5.82 Å². The molecule has 1 aromatic heterocycles. The summed E-state index contributed by atoms with van der Waals surface area (Å²) in [6, 6.07) is 1.80. The Hall–Kier alpha value is -1.65. The van der Waals surface area contributed by atoms with Crippen LogP contribution < -0.4 is 4.90 Å². The van der Waals surface area contributed by atoms with Crippen LogP contribution >= 0.6 is 0 Å². The number of aliphatic carboxylic acids is 1. The number of rotatable bonds is 5.